The summed E-state index contributed by atoms with van der Waals surface area (Å²) in [7, 11) is 0. The van der Waals surface area contributed by atoms with E-state index in [-0.39, 0.29) is 12.0 Å². The molecule has 3 nitrogen and oxygen atoms in total. The smallest absolute Gasteiger partial charge is 0.287 e. The average molecular weight is 401 g/mol. The number of nitrogens with one attached hydrogen (secondary N) is 1. The van der Waals surface area contributed by atoms with Gasteiger partial charge in [-0.25, -0.2) is 0 Å². The van der Waals surface area contributed by atoms with Crippen molar-refractivity contribution in [2.24, 2.45) is 0 Å². The largest absolute Gasteiger partial charge is 0.409 e. The molecule has 1 heterocycles. The van der Waals surface area contributed by atoms with E-state index >= 15 is 0 Å². The summed E-state index contributed by atoms with van der Waals surface area (Å²) in [6.07, 6.45) is -4.51. The highest BCUT2D eigenvalue weighted by atomic mass is 79.9. The zero-order valence-corrected chi connectivity index (χ0v) is 14.7. The van der Waals surface area contributed by atoms with Crippen LogP contribution in [0.5, 0.6) is 0 Å². The zero-order valence-electron chi connectivity index (χ0n) is 13.1. The van der Waals surface area contributed by atoms with Gasteiger partial charge in [-0.3, -0.25) is 10.2 Å². The molecule has 0 aliphatic carbocycles. The number of hydrogen-bond donors (Lipinski definition) is 1. The van der Waals surface area contributed by atoms with Gasteiger partial charge >= 0.3 is 6.18 Å². The first-order chi connectivity index (χ1) is 11.1. The summed E-state index contributed by atoms with van der Waals surface area (Å²) in [6.45, 7) is 3.26. The van der Waals surface area contributed by atoms with Crippen molar-refractivity contribution >= 4 is 32.6 Å². The van der Waals surface area contributed by atoms with Crippen molar-refractivity contribution in [3.8, 4) is 0 Å². The fourth-order valence-electron chi connectivity index (χ4n) is 3.20. The maximum atomic E-state index is 13.9. The topological polar surface area (TPSA) is 32.3 Å². The highest BCUT2D eigenvalue weighted by Crippen LogP contribution is 2.44. The molecule has 1 aliphatic heterocycles. The SMILES string of the molecule is CC1(C)CC(=O)NN1C(c1cccc2cc(Br)ccc12)C(F)(F)F. The summed E-state index contributed by atoms with van der Waals surface area (Å²) in [5.41, 5.74) is 1.58. The quantitative estimate of drug-likeness (QED) is 0.790. The number of halogens is 4. The average Bonchev–Trinajstić information content (AvgIpc) is 2.70. The Bertz CT molecular complexity index is 804. The highest BCUT2D eigenvalue weighted by Gasteiger charge is 2.53. The number of hydrazine groups is 1. The predicted molar refractivity (Wildman–Crippen MR) is 89.1 cm³/mol. The molecule has 24 heavy (non-hydrogen) atoms. The lowest BCUT2D eigenvalue weighted by atomic mass is 9.94. The molecular formula is C17H16BrF3N2O. The lowest BCUT2D eigenvalue weighted by Gasteiger charge is -2.38. The van der Waals surface area contributed by atoms with Crippen molar-refractivity contribution in [3.05, 3.63) is 46.4 Å². The number of fused-ring (bicyclic) bond motifs is 1. The standard InChI is InChI=1S/C17H16BrF3N2O/c1-16(2)9-14(24)22-23(16)15(17(19,20)21)13-5-3-4-10-8-11(18)6-7-12(10)13/h3-8,15H,9H2,1-2H3,(H,22,24). The number of carbonyl (C=O) groups excluding carboxylic acids is 1. The minimum absolute atomic E-state index is 0.0237. The van der Waals surface area contributed by atoms with Crippen LogP contribution in [-0.4, -0.2) is 22.6 Å². The van der Waals surface area contributed by atoms with Crippen LogP contribution in [0.25, 0.3) is 10.8 Å². The molecule has 1 atom stereocenters. The van der Waals surface area contributed by atoms with Crippen molar-refractivity contribution < 1.29 is 18.0 Å². The summed E-state index contributed by atoms with van der Waals surface area (Å²) >= 11 is 3.34. The summed E-state index contributed by atoms with van der Waals surface area (Å²) < 4.78 is 42.6. The van der Waals surface area contributed by atoms with Crippen LogP contribution in [0.4, 0.5) is 13.2 Å². The molecule has 0 spiro atoms. The Morgan fingerprint density at radius 3 is 2.54 bits per heavy atom. The Morgan fingerprint density at radius 1 is 1.25 bits per heavy atom. The summed E-state index contributed by atoms with van der Waals surface area (Å²) in [5.74, 6) is -0.405. The predicted octanol–water partition coefficient (Wildman–Crippen LogP) is 4.72. The molecule has 2 aromatic carbocycles. The van der Waals surface area contributed by atoms with E-state index in [1.54, 1.807) is 44.2 Å². The molecule has 0 radical (unpaired) electrons. The van der Waals surface area contributed by atoms with Gasteiger partial charge in [-0.05, 0) is 42.3 Å². The van der Waals surface area contributed by atoms with Crippen LogP contribution >= 0.6 is 15.9 Å². The molecule has 2 aromatic rings. The Labute approximate surface area is 145 Å². The van der Waals surface area contributed by atoms with E-state index in [0.29, 0.717) is 10.8 Å². The van der Waals surface area contributed by atoms with E-state index in [0.717, 1.165) is 9.48 Å². The van der Waals surface area contributed by atoms with E-state index in [1.165, 1.54) is 6.07 Å². The summed E-state index contributed by atoms with van der Waals surface area (Å²) in [4.78, 5) is 11.7. The molecule has 0 bridgehead atoms. The molecule has 1 aliphatic rings. The maximum Gasteiger partial charge on any atom is 0.409 e. The second kappa shape index (κ2) is 5.74. The fraction of sp³-hybridized carbons (Fsp3) is 0.353. The van der Waals surface area contributed by atoms with Gasteiger partial charge in [0.25, 0.3) is 0 Å². The van der Waals surface area contributed by atoms with Crippen molar-refractivity contribution in [2.75, 3.05) is 0 Å². The number of benzene rings is 2. The van der Waals surface area contributed by atoms with Crippen LogP contribution in [0.1, 0.15) is 31.9 Å². The Morgan fingerprint density at radius 2 is 1.96 bits per heavy atom. The third-order valence-electron chi connectivity index (χ3n) is 4.23. The Balaban J connectivity index is 2.20. The van der Waals surface area contributed by atoms with E-state index in [1.807, 2.05) is 0 Å². The van der Waals surface area contributed by atoms with E-state index in [2.05, 4.69) is 21.4 Å². The van der Waals surface area contributed by atoms with Crippen LogP contribution in [-0.2, 0) is 4.79 Å². The molecule has 0 aromatic heterocycles. The molecule has 1 unspecified atom stereocenters. The van der Waals surface area contributed by atoms with Crippen molar-refractivity contribution in [1.29, 1.82) is 0 Å². The molecule has 1 amide bonds. The summed E-state index contributed by atoms with van der Waals surface area (Å²) in [6, 6.07) is 8.09. The molecule has 1 fully saturated rings. The van der Waals surface area contributed by atoms with E-state index in [9.17, 15) is 18.0 Å². The lowest BCUT2D eigenvalue weighted by Crippen LogP contribution is -2.51. The Kier molecular flexibility index (Phi) is 4.12. The van der Waals surface area contributed by atoms with Crippen LogP contribution in [0, 0.1) is 0 Å². The van der Waals surface area contributed by atoms with Gasteiger partial charge in [0.2, 0.25) is 5.91 Å². The van der Waals surface area contributed by atoms with Gasteiger partial charge in [0, 0.05) is 16.4 Å². The monoisotopic (exact) mass is 400 g/mol. The third kappa shape index (κ3) is 3.02. The van der Waals surface area contributed by atoms with E-state index < -0.39 is 23.7 Å². The highest BCUT2D eigenvalue weighted by molar-refractivity contribution is 9.10. The maximum absolute atomic E-state index is 13.9. The summed E-state index contributed by atoms with van der Waals surface area (Å²) in [5, 5.41) is 2.26. The minimum Gasteiger partial charge on any atom is -0.287 e. The molecule has 128 valence electrons. The molecule has 1 saturated heterocycles. The molecule has 3 rings (SSSR count). The van der Waals surface area contributed by atoms with Crippen LogP contribution in [0.3, 0.4) is 0 Å². The number of rotatable bonds is 2. The van der Waals surface area contributed by atoms with Gasteiger partial charge in [0.15, 0.2) is 6.04 Å². The second-order valence-corrected chi connectivity index (χ2v) is 7.47. The minimum atomic E-state index is -4.53. The van der Waals surface area contributed by atoms with Crippen molar-refractivity contribution in [1.82, 2.24) is 10.4 Å². The van der Waals surface area contributed by atoms with Crippen LogP contribution < -0.4 is 5.43 Å². The van der Waals surface area contributed by atoms with Gasteiger partial charge in [0.05, 0.1) is 0 Å². The molecule has 1 N–H and O–H groups in total. The number of amides is 1. The number of hydrogen-bond acceptors (Lipinski definition) is 2. The van der Waals surface area contributed by atoms with Crippen LogP contribution in [0.15, 0.2) is 40.9 Å². The first kappa shape index (κ1) is 17.2. The van der Waals surface area contributed by atoms with Crippen molar-refractivity contribution in [2.45, 2.75) is 38.0 Å². The number of carbonyl (C=O) groups is 1. The van der Waals surface area contributed by atoms with Gasteiger partial charge in [-0.15, -0.1) is 0 Å². The number of nitrogens with zero attached hydrogens (tertiary/aromatic N) is 1. The lowest BCUT2D eigenvalue weighted by molar-refractivity contribution is -0.203. The van der Waals surface area contributed by atoms with Gasteiger partial charge in [-0.2, -0.15) is 18.2 Å². The molecular weight excluding hydrogens is 385 g/mol. The zero-order chi connectivity index (χ0) is 17.7. The number of alkyl halides is 3. The van der Waals surface area contributed by atoms with Gasteiger partial charge in [0.1, 0.15) is 0 Å². The first-order valence-corrected chi connectivity index (χ1v) is 8.22. The molecule has 0 saturated carbocycles. The van der Waals surface area contributed by atoms with Crippen LogP contribution in [0.2, 0.25) is 0 Å². The Hall–Kier alpha value is -1.60. The molecule has 7 heteroatoms. The van der Waals surface area contributed by atoms with E-state index in [4.69, 9.17) is 0 Å². The van der Waals surface area contributed by atoms with Gasteiger partial charge < -0.3 is 0 Å². The second-order valence-electron chi connectivity index (χ2n) is 6.55. The van der Waals surface area contributed by atoms with Crippen molar-refractivity contribution in [3.63, 3.8) is 0 Å². The fourth-order valence-corrected chi connectivity index (χ4v) is 3.58. The first-order valence-electron chi connectivity index (χ1n) is 7.43. The normalized spacial score (nSPS) is 19.5. The third-order valence-corrected chi connectivity index (χ3v) is 4.72. The van der Waals surface area contributed by atoms with Gasteiger partial charge in [-0.1, -0.05) is 40.2 Å².